The van der Waals surface area contributed by atoms with Gasteiger partial charge in [-0.2, -0.15) is 0 Å². The third kappa shape index (κ3) is 4.09. The van der Waals surface area contributed by atoms with Crippen molar-refractivity contribution in [3.63, 3.8) is 0 Å². The molecule has 11 rings (SSSR count). The maximum absolute atomic E-state index is 6.88. The minimum atomic E-state index is 0.808. The van der Waals surface area contributed by atoms with Crippen LogP contribution in [0.25, 0.3) is 99.2 Å². The van der Waals surface area contributed by atoms with Gasteiger partial charge in [-0.05, 0) is 71.8 Å². The number of nitrogens with zero attached hydrogens (tertiary/aromatic N) is 4. The summed E-state index contributed by atoms with van der Waals surface area (Å²) < 4.78 is 11.5. The Labute approximate surface area is 292 Å². The molecule has 5 heterocycles. The Morgan fingerprint density at radius 3 is 1.24 bits per heavy atom. The van der Waals surface area contributed by atoms with Crippen molar-refractivity contribution < 1.29 is 4.42 Å². The first-order chi connectivity index (χ1) is 25.3. The fourth-order valence-electron chi connectivity index (χ4n) is 8.01. The number of rotatable bonds is 4. The van der Waals surface area contributed by atoms with Crippen LogP contribution < -0.4 is 0 Å². The van der Waals surface area contributed by atoms with E-state index in [-0.39, 0.29) is 0 Å². The van der Waals surface area contributed by atoms with Crippen LogP contribution in [0.4, 0.5) is 0 Å². The summed E-state index contributed by atoms with van der Waals surface area (Å²) in [7, 11) is 0. The smallest absolute Gasteiger partial charge is 0.146 e. The maximum atomic E-state index is 6.88. The molecule has 6 aromatic carbocycles. The lowest BCUT2D eigenvalue weighted by molar-refractivity contribution is 0.670. The van der Waals surface area contributed by atoms with Gasteiger partial charge in [-0.3, -0.25) is 9.97 Å². The van der Waals surface area contributed by atoms with Gasteiger partial charge in [0, 0.05) is 79.6 Å². The van der Waals surface area contributed by atoms with Gasteiger partial charge in [0.05, 0.1) is 22.1 Å². The van der Waals surface area contributed by atoms with Crippen LogP contribution in [0.15, 0.2) is 175 Å². The van der Waals surface area contributed by atoms with Crippen LogP contribution in [0.5, 0.6) is 0 Å². The zero-order valence-corrected chi connectivity index (χ0v) is 27.4. The molecule has 0 unspecified atom stereocenters. The van der Waals surface area contributed by atoms with Gasteiger partial charge < -0.3 is 13.6 Å². The molecule has 0 saturated carbocycles. The largest absolute Gasteiger partial charge is 0.455 e. The summed E-state index contributed by atoms with van der Waals surface area (Å²) in [6.07, 6.45) is 7.62. The summed E-state index contributed by atoms with van der Waals surface area (Å²) in [5, 5.41) is 6.68. The van der Waals surface area contributed by atoms with Crippen molar-refractivity contribution in [2.75, 3.05) is 0 Å². The van der Waals surface area contributed by atoms with E-state index in [1.54, 1.807) is 0 Å². The summed E-state index contributed by atoms with van der Waals surface area (Å²) in [5.41, 5.74) is 12.6. The first-order valence-corrected chi connectivity index (χ1v) is 17.1. The average molecular weight is 653 g/mol. The Balaban J connectivity index is 1.10. The summed E-state index contributed by atoms with van der Waals surface area (Å²) in [4.78, 5) is 9.44. The molecule has 0 saturated heterocycles. The molecule has 0 bridgehead atoms. The fourth-order valence-corrected chi connectivity index (χ4v) is 8.01. The van der Waals surface area contributed by atoms with Crippen molar-refractivity contribution >= 4 is 65.6 Å². The third-order valence-electron chi connectivity index (χ3n) is 10.3. The van der Waals surface area contributed by atoms with E-state index < -0.39 is 0 Å². The van der Waals surface area contributed by atoms with Crippen LogP contribution in [0.2, 0.25) is 0 Å². The fraction of sp³-hybridized carbons (Fsp3) is 0. The quantitative estimate of drug-likeness (QED) is 0.190. The van der Waals surface area contributed by atoms with Crippen molar-refractivity contribution in [2.24, 2.45) is 0 Å². The lowest BCUT2D eigenvalue weighted by Gasteiger charge is -2.08. The van der Waals surface area contributed by atoms with E-state index in [9.17, 15) is 0 Å². The number of fused-ring (bicyclic) bond motifs is 9. The summed E-state index contributed by atoms with van der Waals surface area (Å²) in [6.45, 7) is 0. The van der Waals surface area contributed by atoms with Gasteiger partial charge in [0.25, 0.3) is 0 Å². The molecule has 0 spiro atoms. The third-order valence-corrected chi connectivity index (χ3v) is 10.3. The molecule has 0 aliphatic rings. The first-order valence-electron chi connectivity index (χ1n) is 17.1. The van der Waals surface area contributed by atoms with E-state index in [4.69, 9.17) is 14.4 Å². The molecule has 5 heteroatoms. The minimum absolute atomic E-state index is 0.808. The number of hydrogen-bond donors (Lipinski definition) is 0. The number of aromatic nitrogens is 4. The number of furan rings is 1. The number of hydrogen-bond acceptors (Lipinski definition) is 3. The lowest BCUT2D eigenvalue weighted by Crippen LogP contribution is -1.92. The van der Waals surface area contributed by atoms with Crippen LogP contribution in [-0.2, 0) is 0 Å². The number of benzene rings is 6. The summed E-state index contributed by atoms with van der Waals surface area (Å²) >= 11 is 0. The Kier molecular flexibility index (Phi) is 5.89. The normalized spacial score (nSPS) is 11.9. The van der Waals surface area contributed by atoms with Gasteiger partial charge in [-0.25, -0.2) is 0 Å². The molecule has 0 aliphatic heterocycles. The Morgan fingerprint density at radius 1 is 0.353 bits per heavy atom. The number of pyridine rings is 2. The Hall–Kier alpha value is -6.98. The van der Waals surface area contributed by atoms with Gasteiger partial charge in [0.1, 0.15) is 11.2 Å². The van der Waals surface area contributed by atoms with Crippen LogP contribution in [0.3, 0.4) is 0 Å². The van der Waals surface area contributed by atoms with Crippen molar-refractivity contribution in [2.45, 2.75) is 0 Å². The first kappa shape index (κ1) is 27.9. The minimum Gasteiger partial charge on any atom is -0.455 e. The van der Waals surface area contributed by atoms with Crippen LogP contribution in [0.1, 0.15) is 0 Å². The molecule has 0 radical (unpaired) electrons. The van der Waals surface area contributed by atoms with E-state index in [1.807, 2.05) is 24.8 Å². The maximum Gasteiger partial charge on any atom is 0.146 e. The van der Waals surface area contributed by atoms with E-state index in [0.29, 0.717) is 0 Å². The van der Waals surface area contributed by atoms with Gasteiger partial charge in [0.2, 0.25) is 0 Å². The predicted octanol–water partition coefficient (Wildman–Crippen LogP) is 11.9. The molecular formula is C46H28N4O. The standard InChI is InChI=1S/C46H28N4O/c1-3-11-31(12-4-1)49-41-17-9-7-15-33(41)35-23-29(19-21-43(35)49)37-25-47-27-39-40-28-48-26-38(46(40)51-45(37)39)30-20-22-44-36(24-30)34-16-8-10-18-42(34)50(44)32-13-5-2-6-14-32/h1-28H. The van der Waals surface area contributed by atoms with Crippen LogP contribution in [0, 0.1) is 0 Å². The van der Waals surface area contributed by atoms with Gasteiger partial charge in [-0.1, -0.05) is 84.9 Å². The molecular weight excluding hydrogens is 625 g/mol. The molecule has 5 nitrogen and oxygen atoms in total. The Bertz CT molecular complexity index is 2920. The van der Waals surface area contributed by atoms with Crippen molar-refractivity contribution in [1.29, 1.82) is 0 Å². The highest BCUT2D eigenvalue weighted by molar-refractivity contribution is 6.15. The van der Waals surface area contributed by atoms with Crippen molar-refractivity contribution in [3.05, 3.63) is 170 Å². The SMILES string of the molecule is c1ccc(-n2c3ccccc3c3cc(-c4cncc5c4oc4c(-c6ccc7c(c6)c6ccccc6n7-c6ccccc6)cncc45)ccc32)cc1. The van der Waals surface area contributed by atoms with Crippen molar-refractivity contribution in [3.8, 4) is 33.6 Å². The second-order valence-electron chi connectivity index (χ2n) is 13.1. The molecule has 0 N–H and O–H groups in total. The van der Waals surface area contributed by atoms with E-state index in [1.165, 1.54) is 32.6 Å². The van der Waals surface area contributed by atoms with Crippen LogP contribution in [-0.4, -0.2) is 19.1 Å². The summed E-state index contributed by atoms with van der Waals surface area (Å²) in [5.74, 6) is 0. The van der Waals surface area contributed by atoms with E-state index in [0.717, 1.165) is 66.6 Å². The molecule has 0 fully saturated rings. The van der Waals surface area contributed by atoms with Crippen LogP contribution >= 0.6 is 0 Å². The van der Waals surface area contributed by atoms with Gasteiger partial charge >= 0.3 is 0 Å². The molecule has 0 aliphatic carbocycles. The second-order valence-corrected chi connectivity index (χ2v) is 13.1. The topological polar surface area (TPSA) is 48.8 Å². The monoisotopic (exact) mass is 652 g/mol. The second kappa shape index (κ2) is 10.8. The predicted molar refractivity (Wildman–Crippen MR) is 209 cm³/mol. The highest BCUT2D eigenvalue weighted by atomic mass is 16.3. The zero-order chi connectivity index (χ0) is 33.5. The zero-order valence-electron chi connectivity index (χ0n) is 27.4. The average Bonchev–Trinajstić information content (AvgIpc) is 3.86. The van der Waals surface area contributed by atoms with Gasteiger partial charge in [-0.15, -0.1) is 0 Å². The molecule has 5 aromatic heterocycles. The highest BCUT2D eigenvalue weighted by Gasteiger charge is 2.20. The summed E-state index contributed by atoms with van der Waals surface area (Å²) in [6, 6.07) is 51.6. The molecule has 51 heavy (non-hydrogen) atoms. The van der Waals surface area contributed by atoms with Gasteiger partial charge in [0.15, 0.2) is 0 Å². The Morgan fingerprint density at radius 2 is 0.765 bits per heavy atom. The van der Waals surface area contributed by atoms with Crippen molar-refractivity contribution in [1.82, 2.24) is 19.1 Å². The highest BCUT2D eigenvalue weighted by Crippen LogP contribution is 2.42. The molecule has 0 atom stereocenters. The van der Waals surface area contributed by atoms with E-state index >= 15 is 0 Å². The van der Waals surface area contributed by atoms with E-state index in [2.05, 4.69) is 155 Å². The number of para-hydroxylation sites is 4. The molecule has 238 valence electrons. The lowest BCUT2D eigenvalue weighted by atomic mass is 10.0. The molecule has 11 aromatic rings. The molecule has 0 amide bonds.